The maximum Gasteiger partial charge on any atom is 0.123 e. The Morgan fingerprint density at radius 3 is 2.93 bits per heavy atom. The van der Waals surface area contributed by atoms with Crippen molar-refractivity contribution in [1.29, 1.82) is 0 Å². The molecule has 72 valence electrons. The number of nitrogens with zero attached hydrogens (tertiary/aromatic N) is 1. The van der Waals surface area contributed by atoms with Crippen LogP contribution in [0.2, 0.25) is 0 Å². The SMILES string of the molecule is c1cnc2sc(C3CCCC3)cc2c1. The standard InChI is InChI=1S/C12H13NS/c1-2-5-9(4-1)11-8-10-6-3-7-13-12(10)14-11/h3,6-9H,1-2,4-5H2. The molecule has 2 aromatic heterocycles. The smallest absolute Gasteiger partial charge is 0.123 e. The summed E-state index contributed by atoms with van der Waals surface area (Å²) >= 11 is 1.88. The average molecular weight is 203 g/mol. The number of aromatic nitrogens is 1. The van der Waals surface area contributed by atoms with E-state index in [9.17, 15) is 0 Å². The first-order valence-electron chi connectivity index (χ1n) is 5.28. The molecular formula is C12H13NS. The van der Waals surface area contributed by atoms with Gasteiger partial charge in [-0.25, -0.2) is 4.98 Å². The largest absolute Gasteiger partial charge is 0.245 e. The zero-order chi connectivity index (χ0) is 9.38. The summed E-state index contributed by atoms with van der Waals surface area (Å²) < 4.78 is 0. The van der Waals surface area contributed by atoms with Gasteiger partial charge in [-0.05, 0) is 30.9 Å². The second-order valence-electron chi connectivity index (χ2n) is 4.03. The van der Waals surface area contributed by atoms with Crippen LogP contribution in [0, 0.1) is 0 Å². The molecule has 0 saturated heterocycles. The van der Waals surface area contributed by atoms with Crippen molar-refractivity contribution in [3.8, 4) is 0 Å². The van der Waals surface area contributed by atoms with E-state index in [1.807, 2.05) is 23.6 Å². The molecule has 0 bridgehead atoms. The van der Waals surface area contributed by atoms with Gasteiger partial charge in [0.15, 0.2) is 0 Å². The Morgan fingerprint density at radius 2 is 2.14 bits per heavy atom. The highest BCUT2D eigenvalue weighted by Crippen LogP contribution is 2.39. The molecule has 3 rings (SSSR count). The molecule has 0 N–H and O–H groups in total. The van der Waals surface area contributed by atoms with Crippen molar-refractivity contribution in [2.24, 2.45) is 0 Å². The predicted molar refractivity (Wildman–Crippen MR) is 60.8 cm³/mol. The zero-order valence-corrected chi connectivity index (χ0v) is 8.89. The molecule has 0 spiro atoms. The Hall–Kier alpha value is -0.890. The Kier molecular flexibility index (Phi) is 2.02. The number of pyridine rings is 1. The molecule has 0 unspecified atom stereocenters. The zero-order valence-electron chi connectivity index (χ0n) is 8.07. The first kappa shape index (κ1) is 8.42. The van der Waals surface area contributed by atoms with Gasteiger partial charge in [0, 0.05) is 16.5 Å². The fraction of sp³-hybridized carbons (Fsp3) is 0.417. The van der Waals surface area contributed by atoms with E-state index in [1.165, 1.54) is 35.9 Å². The Labute approximate surface area is 87.8 Å². The minimum atomic E-state index is 0.828. The quantitative estimate of drug-likeness (QED) is 0.683. The van der Waals surface area contributed by atoms with Crippen molar-refractivity contribution in [2.45, 2.75) is 31.6 Å². The first-order valence-corrected chi connectivity index (χ1v) is 6.09. The normalized spacial score (nSPS) is 18.0. The molecule has 1 aliphatic carbocycles. The van der Waals surface area contributed by atoms with Gasteiger partial charge in [-0.1, -0.05) is 18.9 Å². The summed E-state index contributed by atoms with van der Waals surface area (Å²) in [6.07, 6.45) is 7.47. The van der Waals surface area contributed by atoms with Crippen LogP contribution in [0.1, 0.15) is 36.5 Å². The summed E-state index contributed by atoms with van der Waals surface area (Å²) in [5, 5.41) is 1.32. The summed E-state index contributed by atoms with van der Waals surface area (Å²) in [4.78, 5) is 7.15. The molecule has 0 atom stereocenters. The van der Waals surface area contributed by atoms with Gasteiger partial charge in [-0.2, -0.15) is 0 Å². The highest BCUT2D eigenvalue weighted by atomic mass is 32.1. The van der Waals surface area contributed by atoms with Gasteiger partial charge in [0.1, 0.15) is 4.83 Å². The lowest BCUT2D eigenvalue weighted by Crippen LogP contribution is -1.85. The van der Waals surface area contributed by atoms with Gasteiger partial charge in [-0.3, -0.25) is 0 Å². The molecule has 2 heteroatoms. The van der Waals surface area contributed by atoms with Crippen LogP contribution in [0.3, 0.4) is 0 Å². The van der Waals surface area contributed by atoms with E-state index in [2.05, 4.69) is 17.1 Å². The van der Waals surface area contributed by atoms with Crippen molar-refractivity contribution in [2.75, 3.05) is 0 Å². The minimum absolute atomic E-state index is 0.828. The molecule has 0 aliphatic heterocycles. The van der Waals surface area contributed by atoms with E-state index in [0.717, 1.165) is 5.92 Å². The third-order valence-corrected chi connectivity index (χ3v) is 4.29. The van der Waals surface area contributed by atoms with Crippen LogP contribution in [-0.4, -0.2) is 4.98 Å². The van der Waals surface area contributed by atoms with Gasteiger partial charge < -0.3 is 0 Å². The van der Waals surface area contributed by atoms with Crippen molar-refractivity contribution in [1.82, 2.24) is 4.98 Å². The molecule has 0 radical (unpaired) electrons. The number of hydrogen-bond donors (Lipinski definition) is 0. The van der Waals surface area contributed by atoms with E-state index in [-0.39, 0.29) is 0 Å². The summed E-state index contributed by atoms with van der Waals surface area (Å²) in [6.45, 7) is 0. The monoisotopic (exact) mass is 203 g/mol. The van der Waals surface area contributed by atoms with Crippen LogP contribution >= 0.6 is 11.3 Å². The number of rotatable bonds is 1. The average Bonchev–Trinajstić information content (AvgIpc) is 2.86. The van der Waals surface area contributed by atoms with Crippen molar-refractivity contribution in [3.05, 3.63) is 29.3 Å². The fourth-order valence-corrected chi connectivity index (χ4v) is 3.47. The van der Waals surface area contributed by atoms with Crippen LogP contribution < -0.4 is 0 Å². The Bertz CT molecular complexity index is 407. The van der Waals surface area contributed by atoms with E-state index in [0.29, 0.717) is 0 Å². The molecule has 14 heavy (non-hydrogen) atoms. The summed E-state index contributed by atoms with van der Waals surface area (Å²) in [7, 11) is 0. The van der Waals surface area contributed by atoms with E-state index < -0.39 is 0 Å². The van der Waals surface area contributed by atoms with Crippen LogP contribution in [0.15, 0.2) is 24.4 Å². The van der Waals surface area contributed by atoms with Crippen molar-refractivity contribution in [3.63, 3.8) is 0 Å². The summed E-state index contributed by atoms with van der Waals surface area (Å²) in [5.74, 6) is 0.828. The van der Waals surface area contributed by atoms with Gasteiger partial charge in [-0.15, -0.1) is 11.3 Å². The second-order valence-corrected chi connectivity index (χ2v) is 5.09. The van der Waals surface area contributed by atoms with Crippen LogP contribution in [-0.2, 0) is 0 Å². The molecule has 1 nitrogen and oxygen atoms in total. The topological polar surface area (TPSA) is 12.9 Å². The molecule has 0 amide bonds. The van der Waals surface area contributed by atoms with E-state index >= 15 is 0 Å². The lowest BCUT2D eigenvalue weighted by atomic mass is 10.1. The number of hydrogen-bond acceptors (Lipinski definition) is 2. The molecule has 1 saturated carbocycles. The lowest BCUT2D eigenvalue weighted by molar-refractivity contribution is 0.738. The number of fused-ring (bicyclic) bond motifs is 1. The first-order chi connectivity index (χ1) is 6.93. The van der Waals surface area contributed by atoms with Gasteiger partial charge in [0.05, 0.1) is 0 Å². The van der Waals surface area contributed by atoms with Crippen LogP contribution in [0.5, 0.6) is 0 Å². The molecular weight excluding hydrogens is 190 g/mol. The molecule has 1 aliphatic rings. The van der Waals surface area contributed by atoms with Gasteiger partial charge in [0.2, 0.25) is 0 Å². The number of thiophene rings is 1. The minimum Gasteiger partial charge on any atom is -0.245 e. The molecule has 0 aromatic carbocycles. The van der Waals surface area contributed by atoms with Gasteiger partial charge >= 0.3 is 0 Å². The Balaban J connectivity index is 2.05. The molecule has 2 aromatic rings. The molecule has 1 fully saturated rings. The highest BCUT2D eigenvalue weighted by molar-refractivity contribution is 7.18. The van der Waals surface area contributed by atoms with E-state index in [1.54, 1.807) is 4.88 Å². The van der Waals surface area contributed by atoms with Crippen LogP contribution in [0.4, 0.5) is 0 Å². The summed E-state index contributed by atoms with van der Waals surface area (Å²) in [6, 6.07) is 6.52. The fourth-order valence-electron chi connectivity index (χ4n) is 2.30. The van der Waals surface area contributed by atoms with Crippen LogP contribution in [0.25, 0.3) is 10.2 Å². The third-order valence-electron chi connectivity index (χ3n) is 3.07. The summed E-state index contributed by atoms with van der Waals surface area (Å²) in [5.41, 5.74) is 0. The second kappa shape index (κ2) is 3.35. The maximum atomic E-state index is 4.39. The Morgan fingerprint density at radius 1 is 1.29 bits per heavy atom. The molecule has 2 heterocycles. The lowest BCUT2D eigenvalue weighted by Gasteiger charge is -2.03. The van der Waals surface area contributed by atoms with Crippen molar-refractivity contribution >= 4 is 21.6 Å². The van der Waals surface area contributed by atoms with E-state index in [4.69, 9.17) is 0 Å². The maximum absolute atomic E-state index is 4.39. The van der Waals surface area contributed by atoms with Crippen molar-refractivity contribution < 1.29 is 0 Å². The van der Waals surface area contributed by atoms with Gasteiger partial charge in [0.25, 0.3) is 0 Å². The third kappa shape index (κ3) is 1.34. The highest BCUT2D eigenvalue weighted by Gasteiger charge is 2.19. The predicted octanol–water partition coefficient (Wildman–Crippen LogP) is 3.95.